The highest BCUT2D eigenvalue weighted by Crippen LogP contribution is 2.32. The molecule has 0 spiro atoms. The number of fused-ring (bicyclic) bond motifs is 1. The van der Waals surface area contributed by atoms with Crippen LogP contribution in [0.1, 0.15) is 0 Å². The number of benzene rings is 1. The number of hydrogen-bond donors (Lipinski definition) is 2. The van der Waals surface area contributed by atoms with Crippen LogP contribution in [0.5, 0.6) is 5.75 Å². The fourth-order valence-electron chi connectivity index (χ4n) is 1.44. The first-order valence-corrected chi connectivity index (χ1v) is 7.49. The fraction of sp³-hybridized carbons (Fsp3) is 0.200. The van der Waals surface area contributed by atoms with Crippen molar-refractivity contribution in [3.8, 4) is 5.75 Å². The van der Waals surface area contributed by atoms with E-state index < -0.39 is 16.0 Å². The molecule has 1 aromatic carbocycles. The maximum absolute atomic E-state index is 12.0. The summed E-state index contributed by atoms with van der Waals surface area (Å²) in [5.41, 5.74) is 0.351. The molecule has 1 heterocycles. The van der Waals surface area contributed by atoms with E-state index in [1.165, 1.54) is 13.2 Å². The number of sulfonamides is 1. The van der Waals surface area contributed by atoms with E-state index in [2.05, 4.69) is 9.71 Å². The van der Waals surface area contributed by atoms with E-state index in [4.69, 9.17) is 9.84 Å². The van der Waals surface area contributed by atoms with Gasteiger partial charge in [-0.15, -0.1) is 4.40 Å². The average molecular weight is 302 g/mol. The van der Waals surface area contributed by atoms with Crippen LogP contribution in [0.2, 0.25) is 0 Å². The Morgan fingerprint density at radius 1 is 1.53 bits per heavy atom. The quantitative estimate of drug-likeness (QED) is 0.857. The lowest BCUT2D eigenvalue weighted by Gasteiger charge is -2.17. The first-order chi connectivity index (χ1) is 8.92. The molecular weight excluding hydrogens is 292 g/mol. The second-order valence-corrected chi connectivity index (χ2v) is 6.08. The fourth-order valence-corrected chi connectivity index (χ4v) is 3.41. The van der Waals surface area contributed by atoms with Crippen LogP contribution in [-0.4, -0.2) is 37.5 Å². The van der Waals surface area contributed by atoms with Crippen LogP contribution in [0.15, 0.2) is 27.5 Å². The Bertz CT molecular complexity index is 654. The molecule has 0 saturated carbocycles. The summed E-state index contributed by atoms with van der Waals surface area (Å²) >= 11 is 0.810. The molecule has 0 saturated heterocycles. The zero-order valence-electron chi connectivity index (χ0n) is 9.78. The lowest BCUT2D eigenvalue weighted by Crippen LogP contribution is -2.20. The van der Waals surface area contributed by atoms with Gasteiger partial charge in [-0.05, 0) is 12.1 Å². The van der Waals surface area contributed by atoms with Gasteiger partial charge in [0.05, 0.1) is 18.6 Å². The van der Waals surface area contributed by atoms with Crippen molar-refractivity contribution < 1.29 is 23.1 Å². The van der Waals surface area contributed by atoms with Gasteiger partial charge in [-0.25, -0.2) is 0 Å². The smallest absolute Gasteiger partial charge is 0.313 e. The zero-order chi connectivity index (χ0) is 14.0. The van der Waals surface area contributed by atoms with Gasteiger partial charge < -0.3 is 15.2 Å². The lowest BCUT2D eigenvalue weighted by atomic mass is 10.3. The number of carboxylic acid groups (broad SMARTS) is 1. The van der Waals surface area contributed by atoms with Gasteiger partial charge in [0.25, 0.3) is 10.0 Å². The second kappa shape index (κ2) is 5.10. The molecule has 0 fully saturated rings. The Morgan fingerprint density at radius 3 is 2.89 bits per heavy atom. The number of rotatable bonds is 3. The minimum Gasteiger partial charge on any atom is -0.497 e. The number of carboxylic acids is 1. The van der Waals surface area contributed by atoms with E-state index in [1.54, 1.807) is 12.1 Å². The van der Waals surface area contributed by atoms with E-state index in [-0.39, 0.29) is 15.8 Å². The number of amidine groups is 1. The summed E-state index contributed by atoms with van der Waals surface area (Å²) in [6.45, 7) is 0. The highest BCUT2D eigenvalue weighted by Gasteiger charge is 2.26. The van der Waals surface area contributed by atoms with Crippen molar-refractivity contribution in [2.24, 2.45) is 4.40 Å². The van der Waals surface area contributed by atoms with Gasteiger partial charge in [0.2, 0.25) is 0 Å². The lowest BCUT2D eigenvalue weighted by molar-refractivity contribution is -0.133. The van der Waals surface area contributed by atoms with Crippen LogP contribution in [0.3, 0.4) is 0 Å². The summed E-state index contributed by atoms with van der Waals surface area (Å²) in [6, 6.07) is 4.51. The first kappa shape index (κ1) is 13.7. The van der Waals surface area contributed by atoms with E-state index in [9.17, 15) is 13.2 Å². The molecule has 102 valence electrons. The summed E-state index contributed by atoms with van der Waals surface area (Å²) in [4.78, 5) is 10.5. The van der Waals surface area contributed by atoms with Crippen LogP contribution >= 0.6 is 11.8 Å². The third-order valence-corrected chi connectivity index (χ3v) is 4.53. The SMILES string of the molecule is COc1ccc2c(c1)S(=O)(=O)N=C(SCC(=O)O)N2. The van der Waals surface area contributed by atoms with Crippen LogP contribution in [0.4, 0.5) is 5.69 Å². The van der Waals surface area contributed by atoms with Gasteiger partial charge >= 0.3 is 5.97 Å². The minimum absolute atomic E-state index is 0.00604. The maximum atomic E-state index is 12.0. The summed E-state index contributed by atoms with van der Waals surface area (Å²) in [5, 5.41) is 11.4. The standard InChI is InChI=1S/C10H10N2O5S2/c1-17-6-2-3-7-8(4-6)19(15,16)12-10(11-7)18-5-9(13)14/h2-4H,5H2,1H3,(H,11,12)(H,13,14). The van der Waals surface area contributed by atoms with Crippen molar-refractivity contribution in [1.29, 1.82) is 0 Å². The Kier molecular flexibility index (Phi) is 3.67. The molecule has 0 amide bonds. The number of methoxy groups -OCH3 is 1. The summed E-state index contributed by atoms with van der Waals surface area (Å²) < 4.78 is 32.4. The molecule has 1 aliphatic heterocycles. The van der Waals surface area contributed by atoms with Crippen LogP contribution in [0, 0.1) is 0 Å². The monoisotopic (exact) mass is 302 g/mol. The molecule has 1 aliphatic rings. The zero-order valence-corrected chi connectivity index (χ0v) is 11.4. The topological polar surface area (TPSA) is 105 Å². The molecule has 2 rings (SSSR count). The average Bonchev–Trinajstić information content (AvgIpc) is 2.35. The van der Waals surface area contributed by atoms with Crippen molar-refractivity contribution in [3.63, 3.8) is 0 Å². The Balaban J connectivity index is 2.35. The number of ether oxygens (including phenoxy) is 1. The van der Waals surface area contributed by atoms with E-state index in [0.29, 0.717) is 11.4 Å². The van der Waals surface area contributed by atoms with Gasteiger partial charge in [-0.3, -0.25) is 4.79 Å². The third kappa shape index (κ3) is 2.99. The highest BCUT2D eigenvalue weighted by molar-refractivity contribution is 8.15. The van der Waals surface area contributed by atoms with Gasteiger partial charge in [0, 0.05) is 6.07 Å². The molecule has 9 heteroatoms. The van der Waals surface area contributed by atoms with Gasteiger partial charge in [0.15, 0.2) is 5.17 Å². The van der Waals surface area contributed by atoms with Crippen LogP contribution < -0.4 is 10.1 Å². The van der Waals surface area contributed by atoms with E-state index >= 15 is 0 Å². The number of nitrogens with one attached hydrogen (secondary N) is 1. The number of nitrogens with zero attached hydrogens (tertiary/aromatic N) is 1. The van der Waals surface area contributed by atoms with Crippen molar-refractivity contribution in [3.05, 3.63) is 18.2 Å². The molecule has 1 aromatic rings. The summed E-state index contributed by atoms with van der Waals surface area (Å²) in [6.07, 6.45) is 0. The molecule has 0 atom stereocenters. The molecule has 7 nitrogen and oxygen atoms in total. The van der Waals surface area contributed by atoms with E-state index in [1.807, 2.05) is 0 Å². The Labute approximate surface area is 113 Å². The number of thioether (sulfide) groups is 1. The number of aliphatic carboxylic acids is 1. The Hall–Kier alpha value is -1.74. The predicted molar refractivity (Wildman–Crippen MR) is 71.3 cm³/mol. The molecule has 0 aliphatic carbocycles. The van der Waals surface area contributed by atoms with Gasteiger partial charge in [-0.2, -0.15) is 8.42 Å². The van der Waals surface area contributed by atoms with Crippen LogP contribution in [0.25, 0.3) is 0 Å². The predicted octanol–water partition coefficient (Wildman–Crippen LogP) is 0.983. The normalized spacial score (nSPS) is 15.9. The molecule has 2 N–H and O–H groups in total. The number of hydrogen-bond acceptors (Lipinski definition) is 6. The first-order valence-electron chi connectivity index (χ1n) is 5.07. The molecule has 0 bridgehead atoms. The largest absolute Gasteiger partial charge is 0.497 e. The molecule has 0 aromatic heterocycles. The second-order valence-electron chi connectivity index (χ2n) is 3.54. The molecule has 0 unspecified atom stereocenters. The van der Waals surface area contributed by atoms with E-state index in [0.717, 1.165) is 11.8 Å². The maximum Gasteiger partial charge on any atom is 0.313 e. The van der Waals surface area contributed by atoms with Gasteiger partial charge in [-0.1, -0.05) is 11.8 Å². The molecular formula is C10H10N2O5S2. The van der Waals surface area contributed by atoms with Crippen molar-refractivity contribution in [2.45, 2.75) is 4.90 Å². The van der Waals surface area contributed by atoms with Crippen molar-refractivity contribution in [2.75, 3.05) is 18.2 Å². The number of anilines is 1. The van der Waals surface area contributed by atoms with Gasteiger partial charge in [0.1, 0.15) is 10.6 Å². The molecule has 19 heavy (non-hydrogen) atoms. The molecule has 0 radical (unpaired) electrons. The highest BCUT2D eigenvalue weighted by atomic mass is 32.2. The summed E-state index contributed by atoms with van der Waals surface area (Å²) in [7, 11) is -2.41. The van der Waals surface area contributed by atoms with Crippen LogP contribution in [-0.2, 0) is 14.8 Å². The Morgan fingerprint density at radius 2 is 2.26 bits per heavy atom. The van der Waals surface area contributed by atoms with Crippen molar-refractivity contribution in [1.82, 2.24) is 0 Å². The third-order valence-electron chi connectivity index (χ3n) is 2.24. The summed E-state index contributed by atoms with van der Waals surface area (Å²) in [5.74, 6) is -0.916. The van der Waals surface area contributed by atoms with Crippen molar-refractivity contribution >= 4 is 38.6 Å². The number of carbonyl (C=O) groups is 1. The minimum atomic E-state index is -3.84.